The first kappa shape index (κ1) is 10.9. The van der Waals surface area contributed by atoms with Crippen LogP contribution >= 0.6 is 0 Å². The average molecular weight is 262 g/mol. The van der Waals surface area contributed by atoms with E-state index in [0.29, 0.717) is 0 Å². The van der Waals surface area contributed by atoms with E-state index in [1.54, 1.807) is 24.9 Å². The summed E-state index contributed by atoms with van der Waals surface area (Å²) in [4.78, 5) is 12.6. The van der Waals surface area contributed by atoms with Gasteiger partial charge in [-0.3, -0.25) is 10.1 Å². The number of hydrogen-bond donors (Lipinski definition) is 2. The van der Waals surface area contributed by atoms with Crippen molar-refractivity contribution in [2.45, 2.75) is 0 Å². The molecule has 4 aromatic rings. The third-order valence-electron chi connectivity index (χ3n) is 3.14. The molecule has 0 aliphatic rings. The number of rotatable bonds is 2. The van der Waals surface area contributed by atoms with E-state index >= 15 is 0 Å². The Bertz CT molecular complexity index is 893. The minimum absolute atomic E-state index is 0.742. The monoisotopic (exact) mass is 262 g/mol. The topological polar surface area (TPSA) is 79.4 Å². The molecule has 0 fully saturated rings. The summed E-state index contributed by atoms with van der Waals surface area (Å²) >= 11 is 0. The molecule has 6 nitrogen and oxygen atoms in total. The van der Waals surface area contributed by atoms with Gasteiger partial charge in [-0.1, -0.05) is 0 Å². The highest BCUT2D eigenvalue weighted by molar-refractivity contribution is 5.91. The number of benzene rings is 1. The molecule has 0 aliphatic heterocycles. The van der Waals surface area contributed by atoms with Gasteiger partial charge in [-0.2, -0.15) is 5.10 Å². The van der Waals surface area contributed by atoms with Crippen LogP contribution in [-0.4, -0.2) is 25.1 Å². The van der Waals surface area contributed by atoms with Crippen LogP contribution in [0.15, 0.2) is 49.2 Å². The number of fused-ring (bicyclic) bond motifs is 2. The van der Waals surface area contributed by atoms with Gasteiger partial charge >= 0.3 is 0 Å². The highest BCUT2D eigenvalue weighted by Gasteiger charge is 2.04. The first-order valence-electron chi connectivity index (χ1n) is 6.15. The van der Waals surface area contributed by atoms with Crippen molar-refractivity contribution >= 4 is 33.3 Å². The number of aromatic nitrogens is 5. The second-order valence-corrected chi connectivity index (χ2v) is 4.41. The minimum Gasteiger partial charge on any atom is -0.340 e. The van der Waals surface area contributed by atoms with Crippen molar-refractivity contribution in [3.63, 3.8) is 0 Å². The first-order chi connectivity index (χ1) is 9.90. The van der Waals surface area contributed by atoms with Crippen molar-refractivity contribution in [1.82, 2.24) is 25.1 Å². The summed E-state index contributed by atoms with van der Waals surface area (Å²) in [6.45, 7) is 0. The van der Waals surface area contributed by atoms with Crippen molar-refractivity contribution < 1.29 is 0 Å². The van der Waals surface area contributed by atoms with E-state index < -0.39 is 0 Å². The fourth-order valence-corrected chi connectivity index (χ4v) is 2.16. The average Bonchev–Trinajstić information content (AvgIpc) is 2.95. The Balaban J connectivity index is 1.80. The van der Waals surface area contributed by atoms with E-state index in [1.807, 2.05) is 24.3 Å². The number of anilines is 2. The zero-order valence-electron chi connectivity index (χ0n) is 10.4. The predicted molar refractivity (Wildman–Crippen MR) is 76.7 cm³/mol. The Hall–Kier alpha value is -3.02. The fourth-order valence-electron chi connectivity index (χ4n) is 2.16. The number of nitrogens with zero attached hydrogens (tertiary/aromatic N) is 4. The first-order valence-corrected chi connectivity index (χ1v) is 6.15. The molecular formula is C14H10N6. The van der Waals surface area contributed by atoms with E-state index in [2.05, 4.69) is 30.5 Å². The van der Waals surface area contributed by atoms with Gasteiger partial charge in [0.25, 0.3) is 0 Å². The third-order valence-corrected chi connectivity index (χ3v) is 3.14. The maximum atomic E-state index is 4.28. The lowest BCUT2D eigenvalue weighted by Crippen LogP contribution is -1.96. The fraction of sp³-hybridized carbons (Fsp3) is 0. The Kier molecular flexibility index (Phi) is 2.32. The minimum atomic E-state index is 0.742. The highest BCUT2D eigenvalue weighted by atomic mass is 15.1. The molecule has 0 spiro atoms. The van der Waals surface area contributed by atoms with Crippen LogP contribution in [0.25, 0.3) is 21.8 Å². The van der Waals surface area contributed by atoms with Gasteiger partial charge in [0.1, 0.15) is 12.1 Å². The summed E-state index contributed by atoms with van der Waals surface area (Å²) in [5.74, 6) is 0.742. The lowest BCUT2D eigenvalue weighted by atomic mass is 10.2. The third kappa shape index (κ3) is 1.74. The van der Waals surface area contributed by atoms with Crippen LogP contribution in [0.5, 0.6) is 0 Å². The summed E-state index contributed by atoms with van der Waals surface area (Å²) in [7, 11) is 0. The zero-order chi connectivity index (χ0) is 13.4. The van der Waals surface area contributed by atoms with Gasteiger partial charge in [0.05, 0.1) is 22.6 Å². The number of nitrogens with one attached hydrogen (secondary N) is 2. The van der Waals surface area contributed by atoms with Crippen molar-refractivity contribution in [3.8, 4) is 0 Å². The van der Waals surface area contributed by atoms with E-state index in [1.165, 1.54) is 0 Å². The molecule has 0 amide bonds. The number of hydrogen-bond acceptors (Lipinski definition) is 5. The molecule has 3 heterocycles. The lowest BCUT2D eigenvalue weighted by Gasteiger charge is -2.07. The van der Waals surface area contributed by atoms with Gasteiger partial charge in [-0.05, 0) is 24.3 Å². The van der Waals surface area contributed by atoms with Crippen LogP contribution in [0.4, 0.5) is 11.5 Å². The van der Waals surface area contributed by atoms with E-state index in [0.717, 1.165) is 33.3 Å². The van der Waals surface area contributed by atoms with E-state index in [4.69, 9.17) is 0 Å². The Morgan fingerprint density at radius 2 is 2.05 bits per heavy atom. The van der Waals surface area contributed by atoms with Crippen molar-refractivity contribution in [2.75, 3.05) is 5.32 Å². The van der Waals surface area contributed by atoms with Crippen molar-refractivity contribution in [3.05, 3.63) is 49.2 Å². The van der Waals surface area contributed by atoms with Gasteiger partial charge in [-0.15, -0.1) is 0 Å². The smallest absolute Gasteiger partial charge is 0.143 e. The molecule has 6 heteroatoms. The Labute approximate surface area is 113 Å². The molecule has 0 aliphatic carbocycles. The van der Waals surface area contributed by atoms with Crippen LogP contribution in [0.1, 0.15) is 0 Å². The van der Waals surface area contributed by atoms with Crippen LogP contribution in [0.2, 0.25) is 0 Å². The van der Waals surface area contributed by atoms with Gasteiger partial charge < -0.3 is 5.32 Å². The summed E-state index contributed by atoms with van der Waals surface area (Å²) in [6.07, 6.45) is 6.81. The maximum absolute atomic E-state index is 4.28. The quantitative estimate of drug-likeness (QED) is 0.580. The summed E-state index contributed by atoms with van der Waals surface area (Å²) in [5, 5.41) is 12.2. The molecule has 1 aromatic carbocycles. The van der Waals surface area contributed by atoms with E-state index in [9.17, 15) is 0 Å². The Morgan fingerprint density at radius 3 is 3.05 bits per heavy atom. The second kappa shape index (κ2) is 4.27. The number of pyridine rings is 1. The molecule has 0 radical (unpaired) electrons. The molecule has 0 saturated heterocycles. The van der Waals surface area contributed by atoms with Crippen LogP contribution in [0.3, 0.4) is 0 Å². The lowest BCUT2D eigenvalue weighted by molar-refractivity contribution is 1.12. The highest BCUT2D eigenvalue weighted by Crippen LogP contribution is 2.24. The zero-order valence-corrected chi connectivity index (χ0v) is 10.4. The Morgan fingerprint density at radius 1 is 1.05 bits per heavy atom. The van der Waals surface area contributed by atoms with Crippen LogP contribution in [-0.2, 0) is 0 Å². The SMILES string of the molecule is c1cc2ncnc(Nc3ccc4[nH]ncc4c3)c2cn1. The molecule has 0 unspecified atom stereocenters. The molecule has 3 aromatic heterocycles. The maximum Gasteiger partial charge on any atom is 0.143 e. The molecule has 2 N–H and O–H groups in total. The van der Waals surface area contributed by atoms with Crippen LogP contribution < -0.4 is 5.32 Å². The van der Waals surface area contributed by atoms with Crippen molar-refractivity contribution in [1.29, 1.82) is 0 Å². The normalized spacial score (nSPS) is 11.0. The molecular weight excluding hydrogens is 252 g/mol. The van der Waals surface area contributed by atoms with Gasteiger partial charge in [-0.25, -0.2) is 9.97 Å². The molecule has 96 valence electrons. The number of H-pyrrole nitrogens is 1. The number of aromatic amines is 1. The molecule has 20 heavy (non-hydrogen) atoms. The molecule has 4 rings (SSSR count). The summed E-state index contributed by atoms with van der Waals surface area (Å²) in [6, 6.07) is 7.84. The summed E-state index contributed by atoms with van der Waals surface area (Å²) < 4.78 is 0. The van der Waals surface area contributed by atoms with Crippen LogP contribution in [0, 0.1) is 0 Å². The predicted octanol–water partition coefficient (Wildman–Crippen LogP) is 2.64. The van der Waals surface area contributed by atoms with Gasteiger partial charge in [0, 0.05) is 23.5 Å². The molecule has 0 bridgehead atoms. The van der Waals surface area contributed by atoms with Gasteiger partial charge in [0.15, 0.2) is 0 Å². The molecule has 0 atom stereocenters. The largest absolute Gasteiger partial charge is 0.340 e. The molecule has 0 saturated carbocycles. The second-order valence-electron chi connectivity index (χ2n) is 4.41. The van der Waals surface area contributed by atoms with Crippen molar-refractivity contribution in [2.24, 2.45) is 0 Å². The standard InChI is InChI=1S/C14H10N6/c1-2-12-9(6-18-20-12)5-10(1)19-14-11-7-15-4-3-13(11)16-8-17-14/h1-8H,(H,18,20)(H,16,17,19). The van der Waals surface area contributed by atoms with E-state index in [-0.39, 0.29) is 0 Å². The van der Waals surface area contributed by atoms with Gasteiger partial charge in [0.2, 0.25) is 0 Å². The summed E-state index contributed by atoms with van der Waals surface area (Å²) in [5.41, 5.74) is 2.81.